The van der Waals surface area contributed by atoms with E-state index in [2.05, 4.69) is 27.7 Å². The molecule has 2 amide bonds. The van der Waals surface area contributed by atoms with Crippen molar-refractivity contribution in [2.24, 2.45) is 0 Å². The first kappa shape index (κ1) is 16.1. The highest BCUT2D eigenvalue weighted by Gasteiger charge is 2.38. The van der Waals surface area contributed by atoms with Gasteiger partial charge < -0.3 is 27.5 Å². The molecule has 1 aromatic rings. The third kappa shape index (κ3) is 3.67. The minimum Gasteiger partial charge on any atom is -1.00 e. The van der Waals surface area contributed by atoms with Crippen molar-refractivity contribution in [1.29, 1.82) is 0 Å². The summed E-state index contributed by atoms with van der Waals surface area (Å²) in [6, 6.07) is 8.07. The number of fused-ring (bicyclic) bond motifs is 3. The number of nitrogens with zero attached hydrogens (tertiary/aromatic N) is 2. The summed E-state index contributed by atoms with van der Waals surface area (Å²) in [5, 5.41) is 5.42. The van der Waals surface area contributed by atoms with Gasteiger partial charge in [-0.2, -0.15) is 0 Å². The zero-order valence-electron chi connectivity index (χ0n) is 12.4. The Hall–Kier alpha value is -1.30. The Morgan fingerprint density at radius 2 is 1.90 bits per heavy atom. The summed E-state index contributed by atoms with van der Waals surface area (Å²) >= 11 is 0. The molecule has 3 saturated heterocycles. The molecule has 116 valence electrons. The minimum absolute atomic E-state index is 0. The molecule has 1 aromatic carbocycles. The second-order valence-electron chi connectivity index (χ2n) is 5.92. The Kier molecular flexibility index (Phi) is 5.08. The Morgan fingerprint density at radius 1 is 1.24 bits per heavy atom. The molecule has 0 radical (unpaired) electrons. The van der Waals surface area contributed by atoms with Crippen LogP contribution >= 0.6 is 0 Å². The third-order valence-corrected chi connectivity index (χ3v) is 4.60. The summed E-state index contributed by atoms with van der Waals surface area (Å²) in [6.07, 6.45) is 0. The fourth-order valence-corrected chi connectivity index (χ4v) is 3.30. The molecule has 6 heteroatoms. The second kappa shape index (κ2) is 6.64. The van der Waals surface area contributed by atoms with Crippen LogP contribution in [-0.4, -0.2) is 61.7 Å². The van der Waals surface area contributed by atoms with Gasteiger partial charge in [-0.25, -0.2) is 4.79 Å². The molecular weight excluding hydrogens is 288 g/mol. The number of amides is 2. The van der Waals surface area contributed by atoms with Gasteiger partial charge in [0, 0.05) is 37.9 Å². The van der Waals surface area contributed by atoms with E-state index < -0.39 is 0 Å². The first-order valence-corrected chi connectivity index (χ1v) is 7.34. The maximum Gasteiger partial charge on any atom is 0.318 e. The molecule has 5 nitrogen and oxygen atoms in total. The molecular formula is C15H23ClN4O. The lowest BCUT2D eigenvalue weighted by Crippen LogP contribution is -3.00. The monoisotopic (exact) mass is 310 g/mol. The Morgan fingerprint density at radius 3 is 2.52 bits per heavy atom. The van der Waals surface area contributed by atoms with Crippen LogP contribution in [-0.2, 0) is 6.54 Å². The van der Waals surface area contributed by atoms with Crippen molar-refractivity contribution in [3.8, 4) is 0 Å². The maximum absolute atomic E-state index is 11.4. The number of carbonyl (C=O) groups excluding carboxylic acids is 1. The molecule has 4 rings (SSSR count). The summed E-state index contributed by atoms with van der Waals surface area (Å²) < 4.78 is 1.21. The lowest BCUT2D eigenvalue weighted by atomic mass is 10.1. The third-order valence-electron chi connectivity index (χ3n) is 4.60. The largest absolute Gasteiger partial charge is 1.00 e. The van der Waals surface area contributed by atoms with Gasteiger partial charge in [0.25, 0.3) is 0 Å². The second-order valence-corrected chi connectivity index (χ2v) is 5.92. The zero-order valence-corrected chi connectivity index (χ0v) is 13.2. The number of quaternary nitrogens is 1. The molecule has 3 aliphatic rings. The van der Waals surface area contributed by atoms with E-state index in [1.54, 1.807) is 7.05 Å². The van der Waals surface area contributed by atoms with Crippen molar-refractivity contribution in [1.82, 2.24) is 10.2 Å². The first-order chi connectivity index (χ1) is 9.69. The number of hydrogen-bond donors (Lipinski definition) is 2. The Balaban J connectivity index is 0.00000161. The molecule has 2 bridgehead atoms. The molecule has 0 spiro atoms. The predicted octanol–water partition coefficient (Wildman–Crippen LogP) is -1.91. The average Bonchev–Trinajstić information content (AvgIpc) is 2.49. The summed E-state index contributed by atoms with van der Waals surface area (Å²) in [4.78, 5) is 13.9. The number of piperazine rings is 3. The van der Waals surface area contributed by atoms with Crippen molar-refractivity contribution in [2.75, 3.05) is 51.6 Å². The number of urea groups is 1. The number of benzene rings is 1. The van der Waals surface area contributed by atoms with Gasteiger partial charge in [0.05, 0.1) is 19.6 Å². The van der Waals surface area contributed by atoms with Crippen LogP contribution in [0.1, 0.15) is 5.56 Å². The normalized spacial score (nSPS) is 26.8. The van der Waals surface area contributed by atoms with E-state index in [1.165, 1.54) is 49.3 Å². The molecule has 2 N–H and O–H groups in total. The van der Waals surface area contributed by atoms with Crippen LogP contribution in [0, 0.1) is 0 Å². The van der Waals surface area contributed by atoms with Gasteiger partial charge in [0.2, 0.25) is 0 Å². The van der Waals surface area contributed by atoms with E-state index in [-0.39, 0.29) is 18.4 Å². The van der Waals surface area contributed by atoms with Crippen LogP contribution in [0.15, 0.2) is 24.3 Å². The number of nitrogens with one attached hydrogen (secondary N) is 2. The molecule has 0 unspecified atom stereocenters. The Labute approximate surface area is 132 Å². The number of halogens is 1. The lowest BCUT2D eigenvalue weighted by molar-refractivity contribution is -0.953. The molecule has 0 aromatic heterocycles. The highest BCUT2D eigenvalue weighted by molar-refractivity contribution is 5.89. The van der Waals surface area contributed by atoms with Crippen molar-refractivity contribution in [3.63, 3.8) is 0 Å². The van der Waals surface area contributed by atoms with E-state index in [0.717, 1.165) is 12.2 Å². The topological polar surface area (TPSA) is 44.4 Å². The van der Waals surface area contributed by atoms with Gasteiger partial charge in [-0.15, -0.1) is 0 Å². The highest BCUT2D eigenvalue weighted by atomic mass is 35.5. The van der Waals surface area contributed by atoms with Gasteiger partial charge in [-0.05, 0) is 12.1 Å². The molecule has 0 saturated carbocycles. The number of rotatable bonds is 3. The van der Waals surface area contributed by atoms with Gasteiger partial charge >= 0.3 is 6.03 Å². The number of hydrogen-bond acceptors (Lipinski definition) is 2. The van der Waals surface area contributed by atoms with Crippen molar-refractivity contribution in [2.45, 2.75) is 6.54 Å². The summed E-state index contributed by atoms with van der Waals surface area (Å²) in [5.74, 6) is 0. The molecule has 21 heavy (non-hydrogen) atoms. The van der Waals surface area contributed by atoms with E-state index in [1.807, 2.05) is 12.1 Å². The fraction of sp³-hybridized carbons (Fsp3) is 0.533. The van der Waals surface area contributed by atoms with Crippen LogP contribution in [0.3, 0.4) is 0 Å². The summed E-state index contributed by atoms with van der Waals surface area (Å²) in [5.41, 5.74) is 2.19. The van der Waals surface area contributed by atoms with Gasteiger partial charge in [0.1, 0.15) is 6.54 Å². The van der Waals surface area contributed by atoms with Crippen LogP contribution in [0.25, 0.3) is 0 Å². The van der Waals surface area contributed by atoms with Crippen molar-refractivity contribution >= 4 is 11.7 Å². The van der Waals surface area contributed by atoms with E-state index in [0.29, 0.717) is 0 Å². The van der Waals surface area contributed by atoms with E-state index in [9.17, 15) is 4.79 Å². The molecule has 3 fully saturated rings. The van der Waals surface area contributed by atoms with Crippen LogP contribution in [0.5, 0.6) is 0 Å². The smallest absolute Gasteiger partial charge is 0.318 e. The SMILES string of the molecule is CNC(=O)Nc1cccc(C[N+]23CCN(CC2)CC3)c1.[Cl-]. The lowest BCUT2D eigenvalue weighted by Gasteiger charge is -2.50. The summed E-state index contributed by atoms with van der Waals surface area (Å²) in [6.45, 7) is 8.55. The van der Waals surface area contributed by atoms with Gasteiger partial charge in [0.15, 0.2) is 0 Å². The van der Waals surface area contributed by atoms with Crippen LogP contribution in [0.2, 0.25) is 0 Å². The molecule has 0 aliphatic carbocycles. The van der Waals surface area contributed by atoms with Crippen LogP contribution in [0.4, 0.5) is 10.5 Å². The van der Waals surface area contributed by atoms with Crippen LogP contribution < -0.4 is 23.0 Å². The fourth-order valence-electron chi connectivity index (χ4n) is 3.30. The van der Waals surface area contributed by atoms with Gasteiger partial charge in [-0.3, -0.25) is 4.90 Å². The first-order valence-electron chi connectivity index (χ1n) is 7.34. The number of anilines is 1. The summed E-state index contributed by atoms with van der Waals surface area (Å²) in [7, 11) is 1.63. The number of carbonyl (C=O) groups is 1. The molecule has 0 atom stereocenters. The van der Waals surface area contributed by atoms with Crippen molar-refractivity contribution < 1.29 is 21.7 Å². The van der Waals surface area contributed by atoms with E-state index in [4.69, 9.17) is 0 Å². The predicted molar refractivity (Wildman–Crippen MR) is 79.5 cm³/mol. The highest BCUT2D eigenvalue weighted by Crippen LogP contribution is 2.24. The van der Waals surface area contributed by atoms with E-state index >= 15 is 0 Å². The molecule has 3 aliphatic heterocycles. The average molecular weight is 311 g/mol. The van der Waals surface area contributed by atoms with Gasteiger partial charge in [-0.1, -0.05) is 12.1 Å². The zero-order chi connectivity index (χ0) is 14.0. The maximum atomic E-state index is 11.4. The minimum atomic E-state index is -0.166. The Bertz CT molecular complexity index is 486. The van der Waals surface area contributed by atoms with Crippen molar-refractivity contribution in [3.05, 3.63) is 29.8 Å². The standard InChI is InChI=1S/C15H22N4O.ClH/c1-16-15(20)17-14-4-2-3-13(11-14)12-19-8-5-18(6-9-19)7-10-19;/h2-4,11H,5-10,12H2,1H3,(H-,16,17,20);1H. The quantitative estimate of drug-likeness (QED) is 0.640. The molecule has 3 heterocycles.